The Kier molecular flexibility index (Phi) is 11.7. The summed E-state index contributed by atoms with van der Waals surface area (Å²) in [7, 11) is 0. The van der Waals surface area contributed by atoms with Gasteiger partial charge in [0.25, 0.3) is 0 Å². The minimum atomic E-state index is -1.61. The SMILES string of the molecule is CC(O)C(NC(=O)C(N)Cc1c[nH]c2ccccc12)C(=O)NC(CCCN=C(N)N)C(=O)NC(CO)C(=O)O. The molecule has 2 rings (SSSR count). The van der Waals surface area contributed by atoms with E-state index in [2.05, 4.69) is 25.9 Å². The van der Waals surface area contributed by atoms with Crippen molar-refractivity contribution in [3.63, 3.8) is 0 Å². The number of aliphatic hydroxyl groups excluding tert-OH is 2. The number of carbonyl (C=O) groups excluding carboxylic acids is 3. The molecule has 39 heavy (non-hydrogen) atoms. The quantitative estimate of drug-likeness (QED) is 0.0612. The summed E-state index contributed by atoms with van der Waals surface area (Å²) >= 11 is 0. The number of rotatable bonds is 15. The molecular weight excluding hydrogens is 512 g/mol. The number of para-hydroxylation sites is 1. The molecule has 0 radical (unpaired) electrons. The van der Waals surface area contributed by atoms with Crippen LogP contribution >= 0.6 is 0 Å². The highest BCUT2D eigenvalue weighted by molar-refractivity contribution is 5.94. The van der Waals surface area contributed by atoms with E-state index in [4.69, 9.17) is 22.3 Å². The van der Waals surface area contributed by atoms with Crippen LogP contribution in [0.5, 0.6) is 0 Å². The number of hydrogen-bond acceptors (Lipinski definition) is 8. The van der Waals surface area contributed by atoms with Gasteiger partial charge in [-0.1, -0.05) is 18.2 Å². The molecule has 5 atom stereocenters. The van der Waals surface area contributed by atoms with Gasteiger partial charge in [0, 0.05) is 23.6 Å². The Morgan fingerprint density at radius 1 is 1.03 bits per heavy atom. The first kappa shape index (κ1) is 31.0. The highest BCUT2D eigenvalue weighted by atomic mass is 16.4. The Morgan fingerprint density at radius 3 is 2.31 bits per heavy atom. The number of hydrogen-bond donors (Lipinski definition) is 10. The Bertz CT molecular complexity index is 1180. The predicted molar refractivity (Wildman–Crippen MR) is 142 cm³/mol. The zero-order valence-corrected chi connectivity index (χ0v) is 21.5. The number of aromatic amines is 1. The molecule has 0 saturated heterocycles. The number of fused-ring (bicyclic) bond motifs is 1. The molecule has 15 heteroatoms. The molecule has 0 aliphatic rings. The number of nitrogens with zero attached hydrogens (tertiary/aromatic N) is 1. The fourth-order valence-electron chi connectivity index (χ4n) is 3.79. The van der Waals surface area contributed by atoms with Crippen LogP contribution in [-0.2, 0) is 25.6 Å². The average Bonchev–Trinajstić information content (AvgIpc) is 3.29. The molecule has 15 nitrogen and oxygen atoms in total. The molecule has 1 aromatic heterocycles. The number of amides is 3. The van der Waals surface area contributed by atoms with Gasteiger partial charge < -0.3 is 53.5 Å². The number of benzene rings is 1. The van der Waals surface area contributed by atoms with Crippen molar-refractivity contribution in [2.24, 2.45) is 22.2 Å². The number of carboxylic acids is 1. The van der Waals surface area contributed by atoms with Crippen LogP contribution < -0.4 is 33.2 Å². The fraction of sp³-hybridized carbons (Fsp3) is 0.458. The van der Waals surface area contributed by atoms with Crippen LogP contribution in [0.1, 0.15) is 25.3 Å². The average molecular weight is 549 g/mol. The van der Waals surface area contributed by atoms with Crippen molar-refractivity contribution in [3.05, 3.63) is 36.0 Å². The molecule has 0 bridgehead atoms. The second kappa shape index (κ2) is 14.7. The van der Waals surface area contributed by atoms with Gasteiger partial charge >= 0.3 is 5.97 Å². The van der Waals surface area contributed by atoms with Crippen LogP contribution in [0, 0.1) is 0 Å². The topological polar surface area (TPSA) is 271 Å². The van der Waals surface area contributed by atoms with E-state index in [9.17, 15) is 29.4 Å². The molecule has 0 fully saturated rings. The van der Waals surface area contributed by atoms with E-state index in [1.165, 1.54) is 6.92 Å². The lowest BCUT2D eigenvalue weighted by molar-refractivity contribution is -0.143. The normalized spacial score (nSPS) is 14.9. The van der Waals surface area contributed by atoms with Crippen molar-refractivity contribution >= 4 is 40.6 Å². The standard InChI is InChI=1S/C24H36N8O7/c1-12(34)19(32-20(35)15(25)9-13-10-29-16-6-3-2-5-14(13)16)22(37)30-17(7-4-8-28-24(26)27)21(36)31-18(11-33)23(38)39/h2-3,5-6,10,12,15,17-19,29,33-34H,4,7-9,11,25H2,1H3,(H,30,37)(H,31,36)(H,32,35)(H,38,39)(H4,26,27,28). The van der Waals surface area contributed by atoms with E-state index in [0.29, 0.717) is 0 Å². The summed E-state index contributed by atoms with van der Waals surface area (Å²) in [4.78, 5) is 56.7. The number of aliphatic imine (C=N–C) groups is 1. The molecule has 2 aromatic rings. The van der Waals surface area contributed by atoms with Gasteiger partial charge in [0.15, 0.2) is 5.96 Å². The number of carbonyl (C=O) groups is 4. The number of aliphatic hydroxyl groups is 2. The molecule has 13 N–H and O–H groups in total. The molecule has 3 amide bonds. The second-order valence-corrected chi connectivity index (χ2v) is 8.99. The van der Waals surface area contributed by atoms with E-state index in [1.54, 1.807) is 6.20 Å². The van der Waals surface area contributed by atoms with Crippen LogP contribution in [0.4, 0.5) is 0 Å². The van der Waals surface area contributed by atoms with Crippen LogP contribution in [-0.4, -0.2) is 93.4 Å². The number of aliphatic carboxylic acids is 1. The number of guanidine groups is 1. The fourth-order valence-corrected chi connectivity index (χ4v) is 3.79. The minimum absolute atomic E-state index is 0.0212. The van der Waals surface area contributed by atoms with Crippen molar-refractivity contribution in [3.8, 4) is 0 Å². The molecule has 5 unspecified atom stereocenters. The summed E-state index contributed by atoms with van der Waals surface area (Å²) in [6, 6.07) is 2.03. The van der Waals surface area contributed by atoms with Crippen LogP contribution in [0.15, 0.2) is 35.5 Å². The molecule has 0 saturated carbocycles. The second-order valence-electron chi connectivity index (χ2n) is 8.99. The maximum atomic E-state index is 13.0. The number of H-pyrrole nitrogens is 1. The van der Waals surface area contributed by atoms with E-state index in [-0.39, 0.29) is 31.8 Å². The van der Waals surface area contributed by atoms with Crippen molar-refractivity contribution in [2.75, 3.05) is 13.2 Å². The van der Waals surface area contributed by atoms with Gasteiger partial charge in [-0.15, -0.1) is 0 Å². The van der Waals surface area contributed by atoms with Crippen LogP contribution in [0.2, 0.25) is 0 Å². The van der Waals surface area contributed by atoms with Crippen molar-refractivity contribution < 1.29 is 34.5 Å². The highest BCUT2D eigenvalue weighted by Crippen LogP contribution is 2.18. The van der Waals surface area contributed by atoms with Gasteiger partial charge in [-0.2, -0.15) is 0 Å². The molecule has 1 aromatic carbocycles. The van der Waals surface area contributed by atoms with Crippen molar-refractivity contribution in [1.82, 2.24) is 20.9 Å². The van der Waals surface area contributed by atoms with E-state index in [0.717, 1.165) is 16.5 Å². The van der Waals surface area contributed by atoms with Crippen LogP contribution in [0.3, 0.4) is 0 Å². The number of nitrogens with two attached hydrogens (primary N) is 3. The molecule has 0 aliphatic carbocycles. The van der Waals surface area contributed by atoms with Crippen molar-refractivity contribution in [1.29, 1.82) is 0 Å². The van der Waals surface area contributed by atoms with Crippen molar-refractivity contribution in [2.45, 2.75) is 56.5 Å². The summed E-state index contributed by atoms with van der Waals surface area (Å²) in [5, 5.41) is 36.4. The highest BCUT2D eigenvalue weighted by Gasteiger charge is 2.32. The Morgan fingerprint density at radius 2 is 1.69 bits per heavy atom. The van der Waals surface area contributed by atoms with Gasteiger partial charge in [-0.3, -0.25) is 19.4 Å². The number of nitrogens with one attached hydrogen (secondary N) is 4. The first-order chi connectivity index (χ1) is 18.4. The van der Waals surface area contributed by atoms with Gasteiger partial charge in [-0.25, -0.2) is 4.79 Å². The predicted octanol–water partition coefficient (Wildman–Crippen LogP) is -3.00. The van der Waals surface area contributed by atoms with Gasteiger partial charge in [0.05, 0.1) is 18.8 Å². The first-order valence-corrected chi connectivity index (χ1v) is 12.2. The number of carboxylic acid groups (broad SMARTS) is 1. The van der Waals surface area contributed by atoms with E-state index < -0.39 is 60.6 Å². The third-order valence-electron chi connectivity index (χ3n) is 5.89. The lowest BCUT2D eigenvalue weighted by Gasteiger charge is -2.26. The lowest BCUT2D eigenvalue weighted by atomic mass is 10.0. The maximum Gasteiger partial charge on any atom is 0.328 e. The Balaban J connectivity index is 2.11. The molecule has 0 spiro atoms. The Labute approximate surface area is 224 Å². The van der Waals surface area contributed by atoms with Gasteiger partial charge in [0.2, 0.25) is 17.7 Å². The monoisotopic (exact) mass is 548 g/mol. The molecule has 0 aliphatic heterocycles. The largest absolute Gasteiger partial charge is 0.480 e. The Hall–Kier alpha value is -4.21. The third kappa shape index (κ3) is 9.24. The van der Waals surface area contributed by atoms with Gasteiger partial charge in [0.1, 0.15) is 18.1 Å². The molecule has 214 valence electrons. The lowest BCUT2D eigenvalue weighted by Crippen LogP contribution is -2.60. The number of aromatic nitrogens is 1. The van der Waals surface area contributed by atoms with E-state index >= 15 is 0 Å². The van der Waals surface area contributed by atoms with Crippen LogP contribution in [0.25, 0.3) is 10.9 Å². The summed E-state index contributed by atoms with van der Waals surface area (Å²) in [6.45, 7) is 0.510. The maximum absolute atomic E-state index is 13.0. The molecular formula is C24H36N8O7. The first-order valence-electron chi connectivity index (χ1n) is 12.2. The zero-order valence-electron chi connectivity index (χ0n) is 21.5. The smallest absolute Gasteiger partial charge is 0.328 e. The summed E-state index contributed by atoms with van der Waals surface area (Å²) in [5.41, 5.74) is 18.3. The zero-order chi connectivity index (χ0) is 29.1. The summed E-state index contributed by atoms with van der Waals surface area (Å²) in [6.07, 6.45) is 0.709. The third-order valence-corrected chi connectivity index (χ3v) is 5.89. The van der Waals surface area contributed by atoms with Gasteiger partial charge in [-0.05, 0) is 37.8 Å². The summed E-state index contributed by atoms with van der Waals surface area (Å²) in [5.74, 6) is -4.17. The molecule has 1 heterocycles. The summed E-state index contributed by atoms with van der Waals surface area (Å²) < 4.78 is 0. The van der Waals surface area contributed by atoms with E-state index in [1.807, 2.05) is 24.3 Å². The minimum Gasteiger partial charge on any atom is -0.480 e.